The maximum absolute atomic E-state index is 13.3. The third kappa shape index (κ3) is 2.07. The lowest BCUT2D eigenvalue weighted by Crippen LogP contribution is -2.16. The highest BCUT2D eigenvalue weighted by Crippen LogP contribution is 2.34. The maximum Gasteiger partial charge on any atom is 0.134 e. The first-order valence-electron chi connectivity index (χ1n) is 6.10. The molecule has 0 amide bonds. The van der Waals surface area contributed by atoms with E-state index in [0.717, 1.165) is 22.3 Å². The minimum atomic E-state index is -0.236. The van der Waals surface area contributed by atoms with Gasteiger partial charge < -0.3 is 9.73 Å². The molecule has 0 aliphatic carbocycles. The Morgan fingerprint density at radius 2 is 2.16 bits per heavy atom. The zero-order valence-corrected chi connectivity index (χ0v) is 11.6. The average molecular weight is 275 g/mol. The van der Waals surface area contributed by atoms with Gasteiger partial charge in [0.05, 0.1) is 0 Å². The molecule has 1 atom stereocenters. The molecule has 0 spiro atoms. The largest absolute Gasteiger partial charge is 0.459 e. The van der Waals surface area contributed by atoms with Crippen LogP contribution in [0.4, 0.5) is 4.39 Å². The number of thiophene rings is 1. The highest BCUT2D eigenvalue weighted by atomic mass is 32.1. The fraction of sp³-hybridized carbons (Fsp3) is 0.200. The Morgan fingerprint density at radius 1 is 1.32 bits per heavy atom. The SMILES string of the molecule is CNC(c1cccs1)c1oc2ccc(F)cc2c1C. The highest BCUT2D eigenvalue weighted by Gasteiger charge is 2.21. The second-order valence-corrected chi connectivity index (χ2v) is 5.45. The van der Waals surface area contributed by atoms with Gasteiger partial charge in [-0.1, -0.05) is 6.07 Å². The lowest BCUT2D eigenvalue weighted by atomic mass is 10.1. The fourth-order valence-electron chi connectivity index (χ4n) is 2.35. The lowest BCUT2D eigenvalue weighted by molar-refractivity contribution is 0.491. The molecule has 0 saturated heterocycles. The van der Waals surface area contributed by atoms with Gasteiger partial charge in [0.25, 0.3) is 0 Å². The smallest absolute Gasteiger partial charge is 0.134 e. The number of halogens is 1. The van der Waals surface area contributed by atoms with Gasteiger partial charge in [0.1, 0.15) is 23.2 Å². The summed E-state index contributed by atoms with van der Waals surface area (Å²) in [4.78, 5) is 1.19. The van der Waals surface area contributed by atoms with Crippen LogP contribution in [0.5, 0.6) is 0 Å². The number of fused-ring (bicyclic) bond motifs is 1. The van der Waals surface area contributed by atoms with Crippen molar-refractivity contribution < 1.29 is 8.81 Å². The van der Waals surface area contributed by atoms with E-state index in [4.69, 9.17) is 4.42 Å². The molecule has 19 heavy (non-hydrogen) atoms. The number of hydrogen-bond acceptors (Lipinski definition) is 3. The van der Waals surface area contributed by atoms with Crippen LogP contribution < -0.4 is 5.32 Å². The van der Waals surface area contributed by atoms with Crippen molar-refractivity contribution in [1.82, 2.24) is 5.32 Å². The molecule has 0 bridgehead atoms. The molecule has 1 unspecified atom stereocenters. The third-order valence-electron chi connectivity index (χ3n) is 3.31. The van der Waals surface area contributed by atoms with Crippen molar-refractivity contribution in [1.29, 1.82) is 0 Å². The summed E-state index contributed by atoms with van der Waals surface area (Å²) in [6.45, 7) is 1.97. The summed E-state index contributed by atoms with van der Waals surface area (Å²) in [6, 6.07) is 8.73. The van der Waals surface area contributed by atoms with Crippen LogP contribution in [0.1, 0.15) is 22.2 Å². The molecular formula is C15H14FNOS. The van der Waals surface area contributed by atoms with E-state index in [1.165, 1.54) is 17.0 Å². The standard InChI is InChI=1S/C15H14FNOS/c1-9-11-8-10(16)5-6-12(11)18-15(9)14(17-2)13-4-3-7-19-13/h3-8,14,17H,1-2H3. The van der Waals surface area contributed by atoms with Crippen LogP contribution >= 0.6 is 11.3 Å². The molecule has 0 radical (unpaired) electrons. The van der Waals surface area contributed by atoms with Crippen molar-refractivity contribution in [2.45, 2.75) is 13.0 Å². The van der Waals surface area contributed by atoms with Crippen molar-refractivity contribution in [2.24, 2.45) is 0 Å². The molecule has 2 aromatic heterocycles. The molecule has 4 heteroatoms. The Kier molecular flexibility index (Phi) is 3.12. The average Bonchev–Trinajstić information content (AvgIpc) is 3.02. The fourth-order valence-corrected chi connectivity index (χ4v) is 3.18. The summed E-state index contributed by atoms with van der Waals surface area (Å²) in [5.41, 5.74) is 1.72. The third-order valence-corrected chi connectivity index (χ3v) is 4.25. The van der Waals surface area contributed by atoms with Gasteiger partial charge in [0, 0.05) is 15.8 Å². The Hall–Kier alpha value is -1.65. The topological polar surface area (TPSA) is 25.2 Å². The van der Waals surface area contributed by atoms with E-state index in [9.17, 15) is 4.39 Å². The van der Waals surface area contributed by atoms with Crippen LogP contribution in [0.2, 0.25) is 0 Å². The van der Waals surface area contributed by atoms with Crippen molar-refractivity contribution >= 4 is 22.3 Å². The zero-order valence-electron chi connectivity index (χ0n) is 10.7. The van der Waals surface area contributed by atoms with E-state index in [0.29, 0.717) is 0 Å². The minimum Gasteiger partial charge on any atom is -0.459 e. The summed E-state index contributed by atoms with van der Waals surface area (Å²) in [6.07, 6.45) is 0. The summed E-state index contributed by atoms with van der Waals surface area (Å²) in [5, 5.41) is 6.14. The summed E-state index contributed by atoms with van der Waals surface area (Å²) in [7, 11) is 1.90. The van der Waals surface area contributed by atoms with Crippen LogP contribution in [0.3, 0.4) is 0 Å². The maximum atomic E-state index is 13.3. The molecule has 0 fully saturated rings. The number of rotatable bonds is 3. The molecule has 1 aromatic carbocycles. The van der Waals surface area contributed by atoms with Gasteiger partial charge in [-0.15, -0.1) is 11.3 Å². The molecular weight excluding hydrogens is 261 g/mol. The van der Waals surface area contributed by atoms with Gasteiger partial charge in [-0.3, -0.25) is 0 Å². The molecule has 2 nitrogen and oxygen atoms in total. The second-order valence-electron chi connectivity index (χ2n) is 4.47. The van der Waals surface area contributed by atoms with Crippen molar-refractivity contribution in [3.05, 3.63) is 57.7 Å². The molecule has 2 heterocycles. The molecule has 0 aliphatic rings. The summed E-state index contributed by atoms with van der Waals surface area (Å²) >= 11 is 1.68. The Morgan fingerprint density at radius 3 is 2.84 bits per heavy atom. The van der Waals surface area contributed by atoms with Gasteiger partial charge in [-0.25, -0.2) is 4.39 Å². The zero-order chi connectivity index (χ0) is 13.4. The van der Waals surface area contributed by atoms with Crippen LogP contribution in [-0.2, 0) is 0 Å². The van der Waals surface area contributed by atoms with Gasteiger partial charge in [0.15, 0.2) is 0 Å². The van der Waals surface area contributed by atoms with Crippen LogP contribution in [-0.4, -0.2) is 7.05 Å². The molecule has 98 valence electrons. The monoisotopic (exact) mass is 275 g/mol. The van der Waals surface area contributed by atoms with Crippen molar-refractivity contribution in [3.63, 3.8) is 0 Å². The predicted molar refractivity (Wildman–Crippen MR) is 76.1 cm³/mol. The minimum absolute atomic E-state index is 0.00969. The van der Waals surface area contributed by atoms with E-state index in [2.05, 4.69) is 11.4 Å². The number of hydrogen-bond donors (Lipinski definition) is 1. The Bertz CT molecular complexity index is 702. The van der Waals surface area contributed by atoms with Gasteiger partial charge >= 0.3 is 0 Å². The van der Waals surface area contributed by atoms with E-state index in [-0.39, 0.29) is 11.9 Å². The molecule has 1 N–H and O–H groups in total. The predicted octanol–water partition coefficient (Wildman–Crippen LogP) is 4.25. The van der Waals surface area contributed by atoms with Crippen LogP contribution in [0.15, 0.2) is 40.1 Å². The molecule has 0 saturated carbocycles. The number of aryl methyl sites for hydroxylation is 1. The van der Waals surface area contributed by atoms with Gasteiger partial charge in [-0.05, 0) is 43.6 Å². The van der Waals surface area contributed by atoms with Gasteiger partial charge in [-0.2, -0.15) is 0 Å². The van der Waals surface area contributed by atoms with E-state index in [1.807, 2.05) is 25.4 Å². The summed E-state index contributed by atoms with van der Waals surface area (Å²) < 4.78 is 19.2. The normalized spacial score (nSPS) is 13.0. The van der Waals surface area contributed by atoms with Crippen molar-refractivity contribution in [3.8, 4) is 0 Å². The number of nitrogens with one attached hydrogen (secondary N) is 1. The highest BCUT2D eigenvalue weighted by molar-refractivity contribution is 7.10. The lowest BCUT2D eigenvalue weighted by Gasteiger charge is -2.12. The Balaban J connectivity index is 2.16. The van der Waals surface area contributed by atoms with Gasteiger partial charge in [0.2, 0.25) is 0 Å². The first-order chi connectivity index (χ1) is 9.20. The van der Waals surface area contributed by atoms with Crippen LogP contribution in [0, 0.1) is 12.7 Å². The first-order valence-corrected chi connectivity index (χ1v) is 6.98. The second kappa shape index (κ2) is 4.79. The quantitative estimate of drug-likeness (QED) is 0.773. The van der Waals surface area contributed by atoms with E-state index >= 15 is 0 Å². The summed E-state index contributed by atoms with van der Waals surface area (Å²) in [5.74, 6) is 0.616. The number of furan rings is 1. The van der Waals surface area contributed by atoms with E-state index < -0.39 is 0 Å². The van der Waals surface area contributed by atoms with E-state index in [1.54, 1.807) is 17.4 Å². The van der Waals surface area contributed by atoms with Crippen molar-refractivity contribution in [2.75, 3.05) is 7.05 Å². The van der Waals surface area contributed by atoms with Crippen LogP contribution in [0.25, 0.3) is 11.0 Å². The molecule has 3 rings (SSSR count). The molecule has 0 aliphatic heterocycles. The molecule has 3 aromatic rings. The first kappa shape index (κ1) is 12.4. The Labute approximate surface area is 114 Å². The number of benzene rings is 1.